The van der Waals surface area contributed by atoms with E-state index in [1.54, 1.807) is 0 Å². The average molecular weight is 235 g/mol. The number of aromatic nitrogens is 2. The Labute approximate surface area is 104 Å². The first-order valence-corrected chi connectivity index (χ1v) is 6.74. The summed E-state index contributed by atoms with van der Waals surface area (Å²) in [4.78, 5) is 0. The summed E-state index contributed by atoms with van der Waals surface area (Å²) in [5.74, 6) is 2.29. The molecule has 96 valence electrons. The summed E-state index contributed by atoms with van der Waals surface area (Å²) in [6.07, 6.45) is 5.79. The number of hydrogen-bond acceptors (Lipinski definition) is 2. The fourth-order valence-corrected chi connectivity index (χ4v) is 3.01. The topological polar surface area (TPSA) is 43.8 Å². The largest absolute Gasteiger partial charge is 0.324 e. The molecule has 2 rings (SSSR count). The number of hydrogen-bond donors (Lipinski definition) is 1. The van der Waals surface area contributed by atoms with Crippen LogP contribution in [0.4, 0.5) is 0 Å². The molecule has 0 amide bonds. The van der Waals surface area contributed by atoms with Crippen LogP contribution in [0.3, 0.4) is 0 Å². The Balaban J connectivity index is 2.10. The van der Waals surface area contributed by atoms with Crippen LogP contribution in [0, 0.1) is 24.7 Å². The van der Waals surface area contributed by atoms with Gasteiger partial charge in [-0.1, -0.05) is 20.3 Å². The lowest BCUT2D eigenvalue weighted by Crippen LogP contribution is -2.29. The first-order valence-electron chi connectivity index (χ1n) is 6.74. The van der Waals surface area contributed by atoms with E-state index in [0.29, 0.717) is 5.92 Å². The van der Waals surface area contributed by atoms with Crippen LogP contribution >= 0.6 is 0 Å². The predicted molar refractivity (Wildman–Crippen MR) is 70.5 cm³/mol. The van der Waals surface area contributed by atoms with E-state index in [9.17, 15) is 0 Å². The molecule has 0 radical (unpaired) electrons. The van der Waals surface area contributed by atoms with Gasteiger partial charge in [0, 0.05) is 24.3 Å². The molecule has 0 spiro atoms. The highest BCUT2D eigenvalue weighted by Gasteiger charge is 2.30. The molecule has 3 heteroatoms. The summed E-state index contributed by atoms with van der Waals surface area (Å²) >= 11 is 0. The maximum atomic E-state index is 6.44. The Morgan fingerprint density at radius 2 is 2.06 bits per heavy atom. The standard InChI is InChI=1S/C14H25N3/c1-9-5-6-12(7-10(9)2)14(15)13-8-16-17(4)11(13)3/h8-10,12,14H,5-7,15H2,1-4H3. The fraction of sp³-hybridized carbons (Fsp3) is 0.786. The van der Waals surface area contributed by atoms with E-state index in [0.717, 1.165) is 11.8 Å². The Bertz CT molecular complexity index is 383. The molecule has 1 saturated carbocycles. The van der Waals surface area contributed by atoms with Crippen molar-refractivity contribution in [2.24, 2.45) is 30.5 Å². The van der Waals surface area contributed by atoms with E-state index in [2.05, 4.69) is 25.9 Å². The van der Waals surface area contributed by atoms with Crippen LogP contribution in [0.5, 0.6) is 0 Å². The molecule has 1 heterocycles. The van der Waals surface area contributed by atoms with Crippen LogP contribution in [0.25, 0.3) is 0 Å². The Morgan fingerprint density at radius 3 is 2.59 bits per heavy atom. The summed E-state index contributed by atoms with van der Waals surface area (Å²) < 4.78 is 1.92. The lowest BCUT2D eigenvalue weighted by Gasteiger charge is -2.35. The van der Waals surface area contributed by atoms with Gasteiger partial charge in [-0.05, 0) is 37.5 Å². The summed E-state index contributed by atoms with van der Waals surface area (Å²) in [7, 11) is 1.98. The van der Waals surface area contributed by atoms with Crippen molar-refractivity contribution < 1.29 is 0 Å². The number of rotatable bonds is 2. The van der Waals surface area contributed by atoms with Crippen LogP contribution in [0.15, 0.2) is 6.20 Å². The molecule has 1 fully saturated rings. The molecule has 4 atom stereocenters. The molecule has 1 aromatic rings. The van der Waals surface area contributed by atoms with Gasteiger partial charge in [0.05, 0.1) is 6.20 Å². The second kappa shape index (κ2) is 4.81. The molecule has 4 unspecified atom stereocenters. The zero-order valence-electron chi connectivity index (χ0n) is 11.5. The highest BCUT2D eigenvalue weighted by Crippen LogP contribution is 2.39. The SMILES string of the molecule is Cc1c(C(N)C2CCC(C)C(C)C2)cnn1C. The van der Waals surface area contributed by atoms with Gasteiger partial charge < -0.3 is 5.73 Å². The van der Waals surface area contributed by atoms with Gasteiger partial charge in [0.15, 0.2) is 0 Å². The van der Waals surface area contributed by atoms with Crippen molar-refractivity contribution in [3.05, 3.63) is 17.5 Å². The van der Waals surface area contributed by atoms with Gasteiger partial charge in [-0.2, -0.15) is 5.10 Å². The van der Waals surface area contributed by atoms with Gasteiger partial charge in [0.1, 0.15) is 0 Å². The predicted octanol–water partition coefficient (Wildman–Crippen LogP) is 2.80. The molecule has 0 bridgehead atoms. The monoisotopic (exact) mass is 235 g/mol. The van der Waals surface area contributed by atoms with Gasteiger partial charge >= 0.3 is 0 Å². The molecular formula is C14H25N3. The molecule has 0 aromatic carbocycles. The van der Waals surface area contributed by atoms with Crippen LogP contribution in [0.2, 0.25) is 0 Å². The molecular weight excluding hydrogens is 210 g/mol. The molecule has 1 aliphatic carbocycles. The second-order valence-electron chi connectivity index (χ2n) is 5.86. The van der Waals surface area contributed by atoms with Crippen molar-refractivity contribution in [3.63, 3.8) is 0 Å². The quantitative estimate of drug-likeness (QED) is 0.856. The second-order valence-corrected chi connectivity index (χ2v) is 5.86. The number of nitrogens with zero attached hydrogens (tertiary/aromatic N) is 2. The summed E-state index contributed by atoms with van der Waals surface area (Å²) in [6, 6.07) is 0.165. The minimum absolute atomic E-state index is 0.165. The van der Waals surface area contributed by atoms with E-state index in [-0.39, 0.29) is 6.04 Å². The Hall–Kier alpha value is -0.830. The third-order valence-corrected chi connectivity index (χ3v) is 4.78. The van der Waals surface area contributed by atoms with Gasteiger partial charge in [-0.25, -0.2) is 0 Å². The van der Waals surface area contributed by atoms with E-state index in [1.165, 1.54) is 30.5 Å². The number of nitrogens with two attached hydrogens (primary N) is 1. The maximum Gasteiger partial charge on any atom is 0.0540 e. The molecule has 3 nitrogen and oxygen atoms in total. The van der Waals surface area contributed by atoms with Gasteiger partial charge in [-0.15, -0.1) is 0 Å². The summed E-state index contributed by atoms with van der Waals surface area (Å²) in [5, 5.41) is 4.30. The van der Waals surface area contributed by atoms with Gasteiger partial charge in [0.2, 0.25) is 0 Å². The third-order valence-electron chi connectivity index (χ3n) is 4.78. The highest BCUT2D eigenvalue weighted by atomic mass is 15.3. The minimum Gasteiger partial charge on any atom is -0.324 e. The number of aryl methyl sites for hydroxylation is 1. The normalized spacial score (nSPS) is 31.5. The first kappa shape index (κ1) is 12.6. The van der Waals surface area contributed by atoms with Crippen molar-refractivity contribution in [3.8, 4) is 0 Å². The maximum absolute atomic E-state index is 6.44. The zero-order valence-corrected chi connectivity index (χ0v) is 11.5. The van der Waals surface area contributed by atoms with E-state index < -0.39 is 0 Å². The highest BCUT2D eigenvalue weighted by molar-refractivity contribution is 5.21. The van der Waals surface area contributed by atoms with Crippen LogP contribution in [-0.2, 0) is 7.05 Å². The fourth-order valence-electron chi connectivity index (χ4n) is 3.01. The molecule has 0 aliphatic heterocycles. The van der Waals surface area contributed by atoms with E-state index in [1.807, 2.05) is 17.9 Å². The average Bonchev–Trinajstić information content (AvgIpc) is 2.63. The minimum atomic E-state index is 0.165. The summed E-state index contributed by atoms with van der Waals surface area (Å²) in [5.41, 5.74) is 8.89. The smallest absolute Gasteiger partial charge is 0.0540 e. The van der Waals surface area contributed by atoms with Crippen molar-refractivity contribution in [1.82, 2.24) is 9.78 Å². The summed E-state index contributed by atoms with van der Waals surface area (Å²) in [6.45, 7) is 6.83. The first-order chi connectivity index (χ1) is 8.00. The molecule has 1 aromatic heterocycles. The van der Waals surface area contributed by atoms with Crippen molar-refractivity contribution >= 4 is 0 Å². The molecule has 2 N–H and O–H groups in total. The Kier molecular flexibility index (Phi) is 3.57. The zero-order chi connectivity index (χ0) is 12.6. The molecule has 17 heavy (non-hydrogen) atoms. The van der Waals surface area contributed by atoms with E-state index in [4.69, 9.17) is 5.73 Å². The Morgan fingerprint density at radius 1 is 1.35 bits per heavy atom. The van der Waals surface area contributed by atoms with Gasteiger partial charge in [0.25, 0.3) is 0 Å². The van der Waals surface area contributed by atoms with Gasteiger partial charge in [-0.3, -0.25) is 4.68 Å². The van der Waals surface area contributed by atoms with Crippen LogP contribution in [0.1, 0.15) is 50.4 Å². The van der Waals surface area contributed by atoms with Crippen molar-refractivity contribution in [1.29, 1.82) is 0 Å². The lowest BCUT2D eigenvalue weighted by atomic mass is 9.72. The molecule has 1 aliphatic rings. The van der Waals surface area contributed by atoms with Crippen LogP contribution < -0.4 is 5.73 Å². The van der Waals surface area contributed by atoms with Crippen LogP contribution in [-0.4, -0.2) is 9.78 Å². The van der Waals surface area contributed by atoms with Crippen molar-refractivity contribution in [2.75, 3.05) is 0 Å². The van der Waals surface area contributed by atoms with Crippen molar-refractivity contribution in [2.45, 2.75) is 46.1 Å². The lowest BCUT2D eigenvalue weighted by molar-refractivity contribution is 0.186. The third kappa shape index (κ3) is 2.39. The van der Waals surface area contributed by atoms with E-state index >= 15 is 0 Å². The molecule has 0 saturated heterocycles.